The fraction of sp³-hybridized carbons (Fsp3) is 0.182. The minimum atomic E-state index is 0.377. The van der Waals surface area contributed by atoms with Gasteiger partial charge in [-0.2, -0.15) is 0 Å². The highest BCUT2D eigenvalue weighted by Gasteiger charge is 2.09. The smallest absolute Gasteiger partial charge is 0.154 e. The molecule has 0 aliphatic rings. The van der Waals surface area contributed by atoms with E-state index >= 15 is 0 Å². The Morgan fingerprint density at radius 1 is 1.33 bits per heavy atom. The molecule has 0 atom stereocenters. The average molecular weight is 387 g/mol. The fourth-order valence-corrected chi connectivity index (χ4v) is 3.79. The first-order chi connectivity index (χ1) is 8.47. The summed E-state index contributed by atoms with van der Waals surface area (Å²) in [4.78, 5) is 5.11. The van der Waals surface area contributed by atoms with Gasteiger partial charge in [0.15, 0.2) is 5.15 Å². The standard InChI is InChI=1S/C11H8BrCl3N2S/c1-5-2-8(13)17-10(14)9(5)16-4-6-3-7(12)11(15)18-6/h2-3,16H,4H2,1H3. The number of nitrogens with one attached hydrogen (secondary N) is 1. The van der Waals surface area contributed by atoms with Gasteiger partial charge in [0.05, 0.1) is 5.69 Å². The van der Waals surface area contributed by atoms with Crippen molar-refractivity contribution in [3.05, 3.63) is 41.7 Å². The molecule has 1 N–H and O–H groups in total. The molecular weight excluding hydrogens is 378 g/mol. The van der Waals surface area contributed by atoms with Gasteiger partial charge in [-0.25, -0.2) is 4.98 Å². The van der Waals surface area contributed by atoms with Crippen LogP contribution in [0.1, 0.15) is 10.4 Å². The van der Waals surface area contributed by atoms with Crippen LogP contribution in [-0.2, 0) is 6.54 Å². The molecule has 96 valence electrons. The highest BCUT2D eigenvalue weighted by molar-refractivity contribution is 9.10. The minimum absolute atomic E-state index is 0.377. The molecule has 0 saturated carbocycles. The van der Waals surface area contributed by atoms with Crippen molar-refractivity contribution in [2.75, 3.05) is 5.32 Å². The van der Waals surface area contributed by atoms with Crippen LogP contribution in [0.2, 0.25) is 14.6 Å². The van der Waals surface area contributed by atoms with Gasteiger partial charge in [0, 0.05) is 15.9 Å². The Labute approximate surface area is 132 Å². The second-order valence-electron chi connectivity index (χ2n) is 3.62. The lowest BCUT2D eigenvalue weighted by Crippen LogP contribution is -2.01. The summed E-state index contributed by atoms with van der Waals surface area (Å²) in [7, 11) is 0. The topological polar surface area (TPSA) is 24.9 Å². The number of thiophene rings is 1. The van der Waals surface area contributed by atoms with E-state index < -0.39 is 0 Å². The third-order valence-electron chi connectivity index (χ3n) is 2.28. The van der Waals surface area contributed by atoms with Crippen molar-refractivity contribution in [1.82, 2.24) is 4.98 Å². The third kappa shape index (κ3) is 3.31. The zero-order valence-electron chi connectivity index (χ0n) is 9.23. The van der Waals surface area contributed by atoms with E-state index in [1.165, 1.54) is 11.3 Å². The molecule has 2 aromatic heterocycles. The number of halogens is 4. The summed E-state index contributed by atoms with van der Waals surface area (Å²) in [5, 5.41) is 4.01. The first-order valence-electron chi connectivity index (χ1n) is 4.97. The first kappa shape index (κ1) is 14.4. The maximum Gasteiger partial charge on any atom is 0.154 e. The summed E-state index contributed by atoms with van der Waals surface area (Å²) in [6.07, 6.45) is 0. The molecule has 0 aliphatic carbocycles. The molecule has 0 fully saturated rings. The molecule has 2 aromatic rings. The number of aromatic nitrogens is 1. The van der Waals surface area contributed by atoms with Crippen LogP contribution in [0.25, 0.3) is 0 Å². The molecule has 0 saturated heterocycles. The molecule has 0 unspecified atom stereocenters. The summed E-state index contributed by atoms with van der Waals surface area (Å²) >= 11 is 22.7. The molecule has 0 amide bonds. The van der Waals surface area contributed by atoms with Crippen molar-refractivity contribution in [3.8, 4) is 0 Å². The van der Waals surface area contributed by atoms with Gasteiger partial charge in [-0.15, -0.1) is 11.3 Å². The lowest BCUT2D eigenvalue weighted by molar-refractivity contribution is 1.15. The molecule has 2 heterocycles. The molecule has 2 nitrogen and oxygen atoms in total. The van der Waals surface area contributed by atoms with Crippen LogP contribution in [0.5, 0.6) is 0 Å². The van der Waals surface area contributed by atoms with E-state index in [1.54, 1.807) is 6.07 Å². The van der Waals surface area contributed by atoms with Crippen LogP contribution < -0.4 is 5.32 Å². The van der Waals surface area contributed by atoms with Gasteiger partial charge in [-0.3, -0.25) is 0 Å². The van der Waals surface area contributed by atoms with E-state index in [4.69, 9.17) is 34.8 Å². The molecular formula is C11H8BrCl3N2S. The number of nitrogens with zero attached hydrogens (tertiary/aromatic N) is 1. The van der Waals surface area contributed by atoms with Crippen molar-refractivity contribution in [1.29, 1.82) is 0 Å². The van der Waals surface area contributed by atoms with E-state index in [0.29, 0.717) is 16.9 Å². The molecule has 0 radical (unpaired) electrons. The monoisotopic (exact) mass is 384 g/mol. The summed E-state index contributed by atoms with van der Waals surface area (Å²) in [6, 6.07) is 3.75. The van der Waals surface area contributed by atoms with Gasteiger partial charge < -0.3 is 5.32 Å². The van der Waals surface area contributed by atoms with Gasteiger partial charge in [-0.1, -0.05) is 34.8 Å². The van der Waals surface area contributed by atoms with Crippen molar-refractivity contribution in [3.63, 3.8) is 0 Å². The van der Waals surface area contributed by atoms with E-state index in [-0.39, 0.29) is 0 Å². The number of hydrogen-bond acceptors (Lipinski definition) is 3. The molecule has 0 aromatic carbocycles. The van der Waals surface area contributed by atoms with Crippen molar-refractivity contribution < 1.29 is 0 Å². The maximum absolute atomic E-state index is 6.05. The summed E-state index contributed by atoms with van der Waals surface area (Å²) in [6.45, 7) is 2.57. The molecule has 0 bridgehead atoms. The van der Waals surface area contributed by atoms with Crippen LogP contribution in [0.4, 0.5) is 5.69 Å². The predicted octanol–water partition coefficient (Wildman–Crippen LogP) is 5.79. The van der Waals surface area contributed by atoms with Gasteiger partial charge in [0.2, 0.25) is 0 Å². The van der Waals surface area contributed by atoms with E-state index in [1.807, 2.05) is 13.0 Å². The minimum Gasteiger partial charge on any atom is -0.377 e. The lowest BCUT2D eigenvalue weighted by Gasteiger charge is -2.10. The molecule has 0 aliphatic heterocycles. The van der Waals surface area contributed by atoms with E-state index in [9.17, 15) is 0 Å². The number of aryl methyl sites for hydroxylation is 1. The van der Waals surface area contributed by atoms with Crippen LogP contribution in [0, 0.1) is 6.92 Å². The molecule has 2 rings (SSSR count). The number of hydrogen-bond donors (Lipinski definition) is 1. The molecule has 0 spiro atoms. The Kier molecular flexibility index (Phi) is 4.78. The van der Waals surface area contributed by atoms with Gasteiger partial charge in [0.1, 0.15) is 9.49 Å². The first-order valence-corrected chi connectivity index (χ1v) is 7.72. The normalized spacial score (nSPS) is 10.7. The Bertz CT molecular complexity index is 543. The van der Waals surface area contributed by atoms with Crippen LogP contribution in [0.3, 0.4) is 0 Å². The zero-order chi connectivity index (χ0) is 13.3. The van der Waals surface area contributed by atoms with E-state index in [2.05, 4.69) is 26.2 Å². The highest BCUT2D eigenvalue weighted by atomic mass is 79.9. The van der Waals surface area contributed by atoms with E-state index in [0.717, 1.165) is 24.9 Å². The summed E-state index contributed by atoms with van der Waals surface area (Å²) < 4.78 is 1.65. The highest BCUT2D eigenvalue weighted by Crippen LogP contribution is 2.33. The Hall–Kier alpha value is -0.000000000000000139. The Morgan fingerprint density at radius 2 is 2.06 bits per heavy atom. The van der Waals surface area contributed by atoms with Crippen molar-refractivity contribution in [2.24, 2.45) is 0 Å². The Morgan fingerprint density at radius 3 is 2.61 bits per heavy atom. The predicted molar refractivity (Wildman–Crippen MR) is 83.3 cm³/mol. The van der Waals surface area contributed by atoms with Crippen LogP contribution in [-0.4, -0.2) is 4.98 Å². The quantitative estimate of drug-likeness (QED) is 0.676. The Balaban J connectivity index is 2.15. The lowest BCUT2D eigenvalue weighted by atomic mass is 10.2. The largest absolute Gasteiger partial charge is 0.377 e. The van der Waals surface area contributed by atoms with Gasteiger partial charge >= 0.3 is 0 Å². The number of pyridine rings is 1. The summed E-state index contributed by atoms with van der Waals surface area (Å²) in [5.41, 5.74) is 1.75. The molecule has 18 heavy (non-hydrogen) atoms. The van der Waals surface area contributed by atoms with Gasteiger partial charge in [-0.05, 0) is 40.5 Å². The third-order valence-corrected chi connectivity index (χ3v) is 5.22. The van der Waals surface area contributed by atoms with Crippen LogP contribution >= 0.6 is 62.1 Å². The zero-order valence-corrected chi connectivity index (χ0v) is 13.9. The number of rotatable bonds is 3. The SMILES string of the molecule is Cc1cc(Cl)nc(Cl)c1NCc1cc(Br)c(Cl)s1. The second kappa shape index (κ2) is 5.97. The summed E-state index contributed by atoms with van der Waals surface area (Å²) in [5.74, 6) is 0. The van der Waals surface area contributed by atoms with Gasteiger partial charge in [0.25, 0.3) is 0 Å². The van der Waals surface area contributed by atoms with Crippen LogP contribution in [0.15, 0.2) is 16.6 Å². The number of anilines is 1. The maximum atomic E-state index is 6.05. The second-order valence-corrected chi connectivity index (χ2v) is 6.95. The van der Waals surface area contributed by atoms with Crippen molar-refractivity contribution in [2.45, 2.75) is 13.5 Å². The van der Waals surface area contributed by atoms with Crippen molar-refractivity contribution >= 4 is 67.8 Å². The molecule has 7 heteroatoms. The fourth-order valence-electron chi connectivity index (χ4n) is 1.46. The average Bonchev–Trinajstić information content (AvgIpc) is 2.56.